The van der Waals surface area contributed by atoms with Crippen molar-refractivity contribution >= 4 is 5.91 Å². The van der Waals surface area contributed by atoms with Gasteiger partial charge in [-0.25, -0.2) is 0 Å². The largest absolute Gasteiger partial charge is 0.380 e. The summed E-state index contributed by atoms with van der Waals surface area (Å²) in [5.41, 5.74) is 0.430. The van der Waals surface area contributed by atoms with E-state index in [1.165, 1.54) is 0 Å². The monoisotopic (exact) mass is 224 g/mol. The van der Waals surface area contributed by atoms with Crippen LogP contribution in [0, 0.1) is 5.41 Å². The number of carbonyl (C=O) groups is 1. The Hall–Kier alpha value is -0.610. The van der Waals surface area contributed by atoms with Crippen LogP contribution in [0.1, 0.15) is 25.7 Å². The molecule has 3 aliphatic rings. The molecule has 3 rings (SSSR count). The van der Waals surface area contributed by atoms with Crippen LogP contribution in [0.25, 0.3) is 0 Å². The molecule has 3 saturated heterocycles. The van der Waals surface area contributed by atoms with E-state index in [-0.39, 0.29) is 6.04 Å². The maximum absolute atomic E-state index is 12.1. The number of nitrogens with one attached hydrogen (secondary N) is 1. The van der Waals surface area contributed by atoms with E-state index in [1.54, 1.807) is 0 Å². The third kappa shape index (κ3) is 1.74. The minimum atomic E-state index is 0.103. The Morgan fingerprint density at radius 1 is 1.31 bits per heavy atom. The molecular formula is C12H20N2O2. The van der Waals surface area contributed by atoms with Crippen LogP contribution >= 0.6 is 0 Å². The minimum Gasteiger partial charge on any atom is -0.380 e. The molecule has 0 aromatic carbocycles. The molecule has 0 saturated carbocycles. The van der Waals surface area contributed by atoms with Crippen LogP contribution in [-0.4, -0.2) is 49.7 Å². The standard InChI is InChI=1S/C12H20N2O2/c15-11(10-2-1-5-13-10)14-6-3-12(4-7-14)8-16-9-12/h10,13H,1-9H2/t10-/m0/s1. The van der Waals surface area contributed by atoms with Gasteiger partial charge < -0.3 is 15.0 Å². The fourth-order valence-electron chi connectivity index (χ4n) is 3.00. The first kappa shape index (κ1) is 10.5. The Bertz CT molecular complexity index is 273. The lowest BCUT2D eigenvalue weighted by Crippen LogP contribution is -2.54. The van der Waals surface area contributed by atoms with E-state index >= 15 is 0 Å². The number of nitrogens with zero attached hydrogens (tertiary/aromatic N) is 1. The third-order valence-corrected chi connectivity index (χ3v) is 4.31. The van der Waals surface area contributed by atoms with Crippen molar-refractivity contribution in [2.24, 2.45) is 5.41 Å². The third-order valence-electron chi connectivity index (χ3n) is 4.31. The van der Waals surface area contributed by atoms with Crippen LogP contribution in [0.4, 0.5) is 0 Å². The molecule has 3 heterocycles. The molecule has 90 valence electrons. The van der Waals surface area contributed by atoms with Gasteiger partial charge in [0.25, 0.3) is 0 Å². The second-order valence-electron chi connectivity index (χ2n) is 5.47. The van der Waals surface area contributed by atoms with Gasteiger partial charge in [-0.05, 0) is 32.2 Å². The summed E-state index contributed by atoms with van der Waals surface area (Å²) in [7, 11) is 0. The molecule has 0 unspecified atom stereocenters. The van der Waals surface area contributed by atoms with E-state index < -0.39 is 0 Å². The fourth-order valence-corrected chi connectivity index (χ4v) is 3.00. The maximum Gasteiger partial charge on any atom is 0.239 e. The number of ether oxygens (including phenoxy) is 1. The van der Waals surface area contributed by atoms with Gasteiger partial charge in [0, 0.05) is 18.5 Å². The van der Waals surface area contributed by atoms with Crippen molar-refractivity contribution in [2.45, 2.75) is 31.7 Å². The predicted molar refractivity (Wildman–Crippen MR) is 60.1 cm³/mol. The van der Waals surface area contributed by atoms with Crippen LogP contribution < -0.4 is 5.32 Å². The van der Waals surface area contributed by atoms with Crippen molar-refractivity contribution < 1.29 is 9.53 Å². The Morgan fingerprint density at radius 3 is 2.56 bits per heavy atom. The molecule has 0 radical (unpaired) electrons. The average molecular weight is 224 g/mol. The highest BCUT2D eigenvalue weighted by atomic mass is 16.5. The highest BCUT2D eigenvalue weighted by Gasteiger charge is 2.42. The molecule has 0 bridgehead atoms. The predicted octanol–water partition coefficient (Wildman–Crippen LogP) is 0.377. The lowest BCUT2D eigenvalue weighted by atomic mass is 9.77. The van der Waals surface area contributed by atoms with Gasteiger partial charge >= 0.3 is 0 Å². The summed E-state index contributed by atoms with van der Waals surface area (Å²) >= 11 is 0. The molecule has 4 nitrogen and oxygen atoms in total. The van der Waals surface area contributed by atoms with Gasteiger partial charge in [-0.1, -0.05) is 0 Å². The van der Waals surface area contributed by atoms with Crippen LogP contribution in [0.15, 0.2) is 0 Å². The van der Waals surface area contributed by atoms with Crippen molar-refractivity contribution in [3.8, 4) is 0 Å². The summed E-state index contributed by atoms with van der Waals surface area (Å²) in [4.78, 5) is 14.2. The van der Waals surface area contributed by atoms with Crippen molar-refractivity contribution in [1.29, 1.82) is 0 Å². The van der Waals surface area contributed by atoms with Gasteiger partial charge in [-0.15, -0.1) is 0 Å². The summed E-state index contributed by atoms with van der Waals surface area (Å²) in [6.45, 7) is 4.69. The summed E-state index contributed by atoms with van der Waals surface area (Å²) in [6.07, 6.45) is 4.42. The second-order valence-corrected chi connectivity index (χ2v) is 5.47. The van der Waals surface area contributed by atoms with Crippen molar-refractivity contribution in [3.05, 3.63) is 0 Å². The molecule has 3 aliphatic heterocycles. The first-order valence-electron chi connectivity index (χ1n) is 6.39. The number of carbonyl (C=O) groups excluding carboxylic acids is 1. The number of hydrogen-bond donors (Lipinski definition) is 1. The highest BCUT2D eigenvalue weighted by molar-refractivity contribution is 5.82. The van der Waals surface area contributed by atoms with Crippen molar-refractivity contribution in [1.82, 2.24) is 10.2 Å². The van der Waals surface area contributed by atoms with Gasteiger partial charge in [0.15, 0.2) is 0 Å². The van der Waals surface area contributed by atoms with Crippen molar-refractivity contribution in [2.75, 3.05) is 32.8 Å². The zero-order valence-electron chi connectivity index (χ0n) is 9.71. The molecule has 0 aromatic heterocycles. The minimum absolute atomic E-state index is 0.103. The number of piperidine rings is 1. The molecule has 0 aliphatic carbocycles. The normalized spacial score (nSPS) is 32.8. The first-order chi connectivity index (χ1) is 7.79. The average Bonchev–Trinajstić information content (AvgIpc) is 2.80. The molecule has 16 heavy (non-hydrogen) atoms. The Labute approximate surface area is 96.3 Å². The van der Waals surface area contributed by atoms with E-state index in [0.717, 1.165) is 58.5 Å². The molecule has 1 atom stereocenters. The van der Waals surface area contributed by atoms with Crippen LogP contribution in [0.3, 0.4) is 0 Å². The Kier molecular flexibility index (Phi) is 2.64. The Balaban J connectivity index is 1.54. The fraction of sp³-hybridized carbons (Fsp3) is 0.917. The Morgan fingerprint density at radius 2 is 2.06 bits per heavy atom. The van der Waals surface area contributed by atoms with Crippen LogP contribution in [-0.2, 0) is 9.53 Å². The number of hydrogen-bond acceptors (Lipinski definition) is 3. The summed E-state index contributed by atoms with van der Waals surface area (Å²) in [5.74, 6) is 0.326. The van der Waals surface area contributed by atoms with E-state index in [1.807, 2.05) is 4.90 Å². The molecule has 0 aromatic rings. The summed E-state index contributed by atoms with van der Waals surface area (Å²) in [5, 5.41) is 3.29. The maximum atomic E-state index is 12.1. The quantitative estimate of drug-likeness (QED) is 0.700. The molecule has 4 heteroatoms. The zero-order valence-corrected chi connectivity index (χ0v) is 9.71. The molecule has 1 amide bonds. The van der Waals surface area contributed by atoms with Gasteiger partial charge in [0.2, 0.25) is 5.91 Å². The van der Waals surface area contributed by atoms with Crippen molar-refractivity contribution in [3.63, 3.8) is 0 Å². The molecule has 3 fully saturated rings. The molecular weight excluding hydrogens is 204 g/mol. The van der Waals surface area contributed by atoms with Gasteiger partial charge in [0.1, 0.15) is 0 Å². The van der Waals surface area contributed by atoms with E-state index in [0.29, 0.717) is 11.3 Å². The number of likely N-dealkylation sites (tertiary alicyclic amines) is 1. The first-order valence-corrected chi connectivity index (χ1v) is 6.39. The van der Waals surface area contributed by atoms with E-state index in [9.17, 15) is 4.79 Å². The SMILES string of the molecule is O=C([C@@H]1CCCN1)N1CCC2(CC1)COC2. The van der Waals surface area contributed by atoms with Gasteiger partial charge in [-0.2, -0.15) is 0 Å². The van der Waals surface area contributed by atoms with E-state index in [2.05, 4.69) is 5.32 Å². The zero-order chi connectivity index (χ0) is 11.0. The summed E-state index contributed by atoms with van der Waals surface area (Å²) < 4.78 is 5.30. The lowest BCUT2D eigenvalue weighted by Gasteiger charge is -2.47. The number of rotatable bonds is 1. The highest BCUT2D eigenvalue weighted by Crippen LogP contribution is 2.38. The summed E-state index contributed by atoms with van der Waals surface area (Å²) in [6, 6.07) is 0.103. The van der Waals surface area contributed by atoms with Crippen LogP contribution in [0.2, 0.25) is 0 Å². The van der Waals surface area contributed by atoms with E-state index in [4.69, 9.17) is 4.74 Å². The van der Waals surface area contributed by atoms with Gasteiger partial charge in [0.05, 0.1) is 19.3 Å². The number of amides is 1. The topological polar surface area (TPSA) is 41.6 Å². The van der Waals surface area contributed by atoms with Gasteiger partial charge in [-0.3, -0.25) is 4.79 Å². The smallest absolute Gasteiger partial charge is 0.239 e. The molecule has 1 N–H and O–H groups in total. The molecule has 1 spiro atoms. The lowest BCUT2D eigenvalue weighted by molar-refractivity contribution is -0.154. The second kappa shape index (κ2) is 4.00. The van der Waals surface area contributed by atoms with Crippen LogP contribution in [0.5, 0.6) is 0 Å².